The number of nitrogens with one attached hydrogen (secondary N) is 1. The number of aliphatic hydroxyl groups is 1. The van der Waals surface area contributed by atoms with Gasteiger partial charge in [-0.2, -0.15) is 0 Å². The predicted molar refractivity (Wildman–Crippen MR) is 60.0 cm³/mol. The molecule has 2 N–H and O–H groups in total. The highest BCUT2D eigenvalue weighted by molar-refractivity contribution is 7.89. The summed E-state index contributed by atoms with van der Waals surface area (Å²) in [7, 11) is -3.19. The maximum atomic E-state index is 11.4. The molecule has 0 aliphatic heterocycles. The topological polar surface area (TPSA) is 66.4 Å². The van der Waals surface area contributed by atoms with E-state index >= 15 is 0 Å². The molecule has 2 unspecified atom stereocenters. The van der Waals surface area contributed by atoms with Crippen LogP contribution in [0.3, 0.4) is 0 Å². The molecule has 0 saturated heterocycles. The summed E-state index contributed by atoms with van der Waals surface area (Å²) >= 11 is 0. The summed E-state index contributed by atoms with van der Waals surface area (Å²) in [5, 5.41) is 9.51. The third-order valence-electron chi connectivity index (χ3n) is 2.78. The lowest BCUT2D eigenvalue weighted by atomic mass is 10.1. The molecular formula is C10H19NO3S. The van der Waals surface area contributed by atoms with E-state index in [2.05, 4.69) is 11.3 Å². The van der Waals surface area contributed by atoms with E-state index in [1.54, 1.807) is 6.08 Å². The number of rotatable bonds is 6. The summed E-state index contributed by atoms with van der Waals surface area (Å²) < 4.78 is 25.4. The lowest BCUT2D eigenvalue weighted by Gasteiger charge is -2.14. The molecule has 0 aromatic heterocycles. The second-order valence-electron chi connectivity index (χ2n) is 4.00. The Bertz CT molecular complexity index is 300. The molecule has 0 spiro atoms. The summed E-state index contributed by atoms with van der Waals surface area (Å²) in [4.78, 5) is 0. The number of hydrogen-bond acceptors (Lipinski definition) is 3. The molecule has 0 radical (unpaired) electrons. The van der Waals surface area contributed by atoms with E-state index in [1.165, 1.54) is 0 Å². The smallest absolute Gasteiger partial charge is 0.211 e. The molecular weight excluding hydrogens is 214 g/mol. The fourth-order valence-corrected chi connectivity index (χ4v) is 2.89. The van der Waals surface area contributed by atoms with Crippen LogP contribution in [0, 0.1) is 5.92 Å². The highest BCUT2D eigenvalue weighted by Gasteiger charge is 2.26. The van der Waals surface area contributed by atoms with Crippen LogP contribution in [0.4, 0.5) is 0 Å². The highest BCUT2D eigenvalue weighted by Crippen LogP contribution is 2.24. The van der Waals surface area contributed by atoms with Gasteiger partial charge in [0.25, 0.3) is 0 Å². The van der Waals surface area contributed by atoms with Crippen molar-refractivity contribution in [2.24, 2.45) is 5.92 Å². The van der Waals surface area contributed by atoms with Gasteiger partial charge in [0.05, 0.1) is 11.9 Å². The third kappa shape index (κ3) is 4.32. The Balaban J connectivity index is 2.32. The molecule has 15 heavy (non-hydrogen) atoms. The molecule has 0 aromatic rings. The zero-order valence-corrected chi connectivity index (χ0v) is 9.67. The molecule has 1 aliphatic rings. The van der Waals surface area contributed by atoms with Crippen molar-refractivity contribution in [3.63, 3.8) is 0 Å². The maximum Gasteiger partial charge on any atom is 0.211 e. The molecule has 1 fully saturated rings. The molecule has 1 aliphatic carbocycles. The Morgan fingerprint density at radius 2 is 2.20 bits per heavy atom. The average Bonchev–Trinajstić information content (AvgIpc) is 2.58. The van der Waals surface area contributed by atoms with Crippen molar-refractivity contribution < 1.29 is 13.5 Å². The first-order valence-corrected chi connectivity index (χ1v) is 6.96. The zero-order chi connectivity index (χ0) is 11.3. The summed E-state index contributed by atoms with van der Waals surface area (Å²) in [6, 6.07) is 0. The SMILES string of the molecule is C=CCCS(=O)(=O)NCC1CCCC1O. The van der Waals surface area contributed by atoms with E-state index in [9.17, 15) is 13.5 Å². The van der Waals surface area contributed by atoms with Crippen LogP contribution < -0.4 is 4.72 Å². The van der Waals surface area contributed by atoms with E-state index in [4.69, 9.17) is 0 Å². The molecule has 0 heterocycles. The zero-order valence-electron chi connectivity index (χ0n) is 8.85. The molecule has 0 amide bonds. The van der Waals surface area contributed by atoms with Gasteiger partial charge in [0.2, 0.25) is 10.0 Å². The van der Waals surface area contributed by atoms with E-state index in [1.807, 2.05) is 0 Å². The Kier molecular flexibility index (Phi) is 4.76. The van der Waals surface area contributed by atoms with Crippen LogP contribution in [0.25, 0.3) is 0 Å². The van der Waals surface area contributed by atoms with Gasteiger partial charge in [-0.05, 0) is 25.2 Å². The largest absolute Gasteiger partial charge is 0.393 e. The second kappa shape index (κ2) is 5.63. The van der Waals surface area contributed by atoms with Crippen molar-refractivity contribution in [3.8, 4) is 0 Å². The summed E-state index contributed by atoms with van der Waals surface area (Å²) in [6.45, 7) is 3.84. The fraction of sp³-hybridized carbons (Fsp3) is 0.800. The molecule has 5 heteroatoms. The number of allylic oxidation sites excluding steroid dienone is 1. The van der Waals surface area contributed by atoms with Crippen LogP contribution in [0.2, 0.25) is 0 Å². The van der Waals surface area contributed by atoms with Gasteiger partial charge in [0, 0.05) is 6.54 Å². The second-order valence-corrected chi connectivity index (χ2v) is 5.93. The van der Waals surface area contributed by atoms with Crippen LogP contribution in [-0.4, -0.2) is 31.9 Å². The molecule has 1 rings (SSSR count). The van der Waals surface area contributed by atoms with Gasteiger partial charge in [-0.1, -0.05) is 12.5 Å². The van der Waals surface area contributed by atoms with E-state index in [-0.39, 0.29) is 17.8 Å². The Hall–Kier alpha value is -0.390. The van der Waals surface area contributed by atoms with E-state index < -0.39 is 10.0 Å². The van der Waals surface area contributed by atoms with Crippen molar-refractivity contribution in [2.75, 3.05) is 12.3 Å². The van der Waals surface area contributed by atoms with Crippen molar-refractivity contribution in [1.82, 2.24) is 4.72 Å². The first-order valence-electron chi connectivity index (χ1n) is 5.31. The van der Waals surface area contributed by atoms with Gasteiger partial charge in [-0.3, -0.25) is 0 Å². The minimum Gasteiger partial charge on any atom is -0.393 e. The third-order valence-corrected chi connectivity index (χ3v) is 4.15. The summed E-state index contributed by atoms with van der Waals surface area (Å²) in [5.74, 6) is 0.169. The first-order chi connectivity index (χ1) is 7.05. The predicted octanol–water partition coefficient (Wildman–Crippen LogP) is 0.643. The van der Waals surface area contributed by atoms with Crippen LogP contribution in [-0.2, 0) is 10.0 Å². The minimum atomic E-state index is -3.19. The maximum absolute atomic E-state index is 11.4. The average molecular weight is 233 g/mol. The number of aliphatic hydroxyl groups excluding tert-OH is 1. The fourth-order valence-electron chi connectivity index (χ4n) is 1.80. The van der Waals surface area contributed by atoms with E-state index in [0.29, 0.717) is 13.0 Å². The number of sulfonamides is 1. The monoisotopic (exact) mass is 233 g/mol. The Morgan fingerprint density at radius 1 is 1.47 bits per heavy atom. The Morgan fingerprint density at radius 3 is 2.73 bits per heavy atom. The molecule has 88 valence electrons. The van der Waals surface area contributed by atoms with Crippen LogP contribution in [0.5, 0.6) is 0 Å². The van der Waals surface area contributed by atoms with Crippen molar-refractivity contribution in [1.29, 1.82) is 0 Å². The quantitative estimate of drug-likeness (QED) is 0.662. The van der Waals surface area contributed by atoms with Crippen LogP contribution in [0.15, 0.2) is 12.7 Å². The van der Waals surface area contributed by atoms with Gasteiger partial charge >= 0.3 is 0 Å². The summed E-state index contributed by atoms with van der Waals surface area (Å²) in [5.41, 5.74) is 0. The van der Waals surface area contributed by atoms with Crippen molar-refractivity contribution >= 4 is 10.0 Å². The standard InChI is InChI=1S/C10H19NO3S/c1-2-3-7-15(13,14)11-8-9-5-4-6-10(9)12/h2,9-12H,1,3-8H2. The van der Waals surface area contributed by atoms with Gasteiger partial charge < -0.3 is 5.11 Å². The molecule has 0 bridgehead atoms. The highest BCUT2D eigenvalue weighted by atomic mass is 32.2. The first kappa shape index (κ1) is 12.7. The van der Waals surface area contributed by atoms with Crippen LogP contribution >= 0.6 is 0 Å². The number of hydrogen-bond donors (Lipinski definition) is 2. The van der Waals surface area contributed by atoms with Crippen molar-refractivity contribution in [2.45, 2.75) is 31.8 Å². The molecule has 1 saturated carbocycles. The normalized spacial score (nSPS) is 26.7. The van der Waals surface area contributed by atoms with Gasteiger partial charge in [0.1, 0.15) is 0 Å². The van der Waals surface area contributed by atoms with Crippen molar-refractivity contribution in [3.05, 3.63) is 12.7 Å². The minimum absolute atomic E-state index is 0.0827. The van der Waals surface area contributed by atoms with Gasteiger partial charge in [-0.15, -0.1) is 6.58 Å². The molecule has 4 nitrogen and oxygen atoms in total. The lowest BCUT2D eigenvalue weighted by molar-refractivity contribution is 0.134. The molecule has 0 aromatic carbocycles. The lowest BCUT2D eigenvalue weighted by Crippen LogP contribution is -2.33. The van der Waals surface area contributed by atoms with Gasteiger partial charge in [-0.25, -0.2) is 13.1 Å². The Labute approximate surface area is 91.4 Å². The van der Waals surface area contributed by atoms with E-state index in [0.717, 1.165) is 19.3 Å². The molecule has 2 atom stereocenters. The van der Waals surface area contributed by atoms with Crippen LogP contribution in [0.1, 0.15) is 25.7 Å². The van der Waals surface area contributed by atoms with Gasteiger partial charge in [0.15, 0.2) is 0 Å². The summed E-state index contributed by atoms with van der Waals surface area (Å²) in [6.07, 6.45) is 4.39.